The number of hydrogen-bond donors (Lipinski definition) is 2. The van der Waals surface area contributed by atoms with Gasteiger partial charge in [-0.25, -0.2) is 4.79 Å². The molecule has 0 radical (unpaired) electrons. The Morgan fingerprint density at radius 2 is 1.96 bits per heavy atom. The Morgan fingerprint density at radius 1 is 1.26 bits per heavy atom. The van der Waals surface area contributed by atoms with Gasteiger partial charge in [0.15, 0.2) is 5.78 Å². The van der Waals surface area contributed by atoms with Gasteiger partial charge < -0.3 is 15.2 Å². The molecule has 0 aromatic carbocycles. The second-order valence-electron chi connectivity index (χ2n) is 5.80. The van der Waals surface area contributed by atoms with Crippen LogP contribution in [0.25, 0.3) is 6.08 Å². The van der Waals surface area contributed by atoms with E-state index in [0.717, 1.165) is 4.88 Å². The Kier molecular flexibility index (Phi) is 6.96. The smallest absolute Gasteiger partial charge is 0.407 e. The standard InChI is InChI=1S/C16H21NO5S/c1-16(2,3)22-15(21)17-10-4-5-11-6-8-13(23-11)12(18)7-9-14(19)20/h4-6,8H,7,9-10H2,1-3H3,(H,17,21)(H,19,20). The van der Waals surface area contributed by atoms with Crippen molar-refractivity contribution in [2.45, 2.75) is 39.2 Å². The molecule has 0 unspecified atom stereocenters. The number of carboxylic acids is 1. The highest BCUT2D eigenvalue weighted by molar-refractivity contribution is 7.14. The van der Waals surface area contributed by atoms with Gasteiger partial charge in [0.05, 0.1) is 11.3 Å². The lowest BCUT2D eigenvalue weighted by Crippen LogP contribution is -2.32. The molecule has 23 heavy (non-hydrogen) atoms. The predicted octanol–water partition coefficient (Wildman–Crippen LogP) is 3.33. The van der Waals surface area contributed by atoms with Crippen LogP contribution in [0.1, 0.15) is 48.2 Å². The average Bonchev–Trinajstić information content (AvgIpc) is 2.88. The highest BCUT2D eigenvalue weighted by Gasteiger charge is 2.15. The highest BCUT2D eigenvalue weighted by Crippen LogP contribution is 2.20. The summed E-state index contributed by atoms with van der Waals surface area (Å²) in [6, 6.07) is 3.46. The van der Waals surface area contributed by atoms with E-state index in [1.54, 1.807) is 45.1 Å². The summed E-state index contributed by atoms with van der Waals surface area (Å²) < 4.78 is 5.10. The molecular formula is C16H21NO5S. The normalized spacial score (nSPS) is 11.4. The van der Waals surface area contributed by atoms with Crippen LogP contribution < -0.4 is 5.32 Å². The van der Waals surface area contributed by atoms with Crippen LogP contribution in [0.3, 0.4) is 0 Å². The van der Waals surface area contributed by atoms with Crippen LogP contribution in [-0.4, -0.2) is 35.1 Å². The Bertz CT molecular complexity index is 598. The first-order chi connectivity index (χ1) is 10.7. The third-order valence-electron chi connectivity index (χ3n) is 2.51. The summed E-state index contributed by atoms with van der Waals surface area (Å²) in [5.41, 5.74) is -0.535. The zero-order valence-corrected chi connectivity index (χ0v) is 14.2. The van der Waals surface area contributed by atoms with Gasteiger partial charge in [0.1, 0.15) is 5.60 Å². The molecule has 7 heteroatoms. The summed E-state index contributed by atoms with van der Waals surface area (Å²) in [5, 5.41) is 11.2. The van der Waals surface area contributed by atoms with Crippen molar-refractivity contribution in [3.63, 3.8) is 0 Å². The maximum absolute atomic E-state index is 11.8. The number of hydrogen-bond acceptors (Lipinski definition) is 5. The fraction of sp³-hybridized carbons (Fsp3) is 0.438. The number of carbonyl (C=O) groups is 3. The summed E-state index contributed by atoms with van der Waals surface area (Å²) in [4.78, 5) is 35.0. The van der Waals surface area contributed by atoms with Crippen LogP contribution >= 0.6 is 11.3 Å². The van der Waals surface area contributed by atoms with Gasteiger partial charge >= 0.3 is 12.1 Å². The van der Waals surface area contributed by atoms with Gasteiger partial charge in [-0.3, -0.25) is 9.59 Å². The number of amides is 1. The average molecular weight is 339 g/mol. The van der Waals surface area contributed by atoms with Crippen molar-refractivity contribution in [2.24, 2.45) is 0 Å². The van der Waals surface area contributed by atoms with Gasteiger partial charge in [0.2, 0.25) is 0 Å². The Hall–Kier alpha value is -2.15. The fourth-order valence-electron chi connectivity index (χ4n) is 1.57. The number of carboxylic acid groups (broad SMARTS) is 1. The first kappa shape index (κ1) is 18.9. The van der Waals surface area contributed by atoms with Crippen molar-refractivity contribution < 1.29 is 24.2 Å². The van der Waals surface area contributed by atoms with E-state index in [9.17, 15) is 14.4 Å². The monoisotopic (exact) mass is 339 g/mol. The maximum atomic E-state index is 11.8. The Balaban J connectivity index is 2.42. The van der Waals surface area contributed by atoms with Crippen LogP contribution in [0.4, 0.5) is 4.79 Å². The molecule has 1 rings (SSSR count). The number of nitrogens with one attached hydrogen (secondary N) is 1. The van der Waals surface area contributed by atoms with Gasteiger partial charge in [-0.2, -0.15) is 0 Å². The number of ketones is 1. The van der Waals surface area contributed by atoms with E-state index in [0.29, 0.717) is 11.4 Å². The highest BCUT2D eigenvalue weighted by atomic mass is 32.1. The van der Waals surface area contributed by atoms with Crippen LogP contribution in [0.5, 0.6) is 0 Å². The van der Waals surface area contributed by atoms with Gasteiger partial charge in [0, 0.05) is 17.8 Å². The molecule has 0 bridgehead atoms. The maximum Gasteiger partial charge on any atom is 0.407 e. The summed E-state index contributed by atoms with van der Waals surface area (Å²) in [7, 11) is 0. The lowest BCUT2D eigenvalue weighted by atomic mass is 10.2. The fourth-order valence-corrected chi connectivity index (χ4v) is 2.47. The summed E-state index contributed by atoms with van der Waals surface area (Å²) in [6.45, 7) is 5.68. The van der Waals surface area contributed by atoms with Crippen molar-refractivity contribution in [1.82, 2.24) is 5.32 Å². The second kappa shape index (κ2) is 8.47. The minimum atomic E-state index is -0.983. The van der Waals surface area contributed by atoms with Crippen LogP contribution in [0, 0.1) is 0 Å². The number of Topliss-reactive ketones (excluding diaryl/α,β-unsaturated/α-hetero) is 1. The number of alkyl carbamates (subject to hydrolysis) is 1. The molecule has 0 saturated carbocycles. The SMILES string of the molecule is CC(C)(C)OC(=O)NCC=Cc1ccc(C(=O)CCC(=O)O)s1. The number of aliphatic carboxylic acids is 1. The van der Waals surface area contributed by atoms with Gasteiger partial charge in [-0.15, -0.1) is 11.3 Å². The van der Waals surface area contributed by atoms with E-state index in [2.05, 4.69) is 5.32 Å². The first-order valence-corrected chi connectivity index (χ1v) is 7.97. The van der Waals surface area contributed by atoms with E-state index < -0.39 is 17.7 Å². The zero-order valence-electron chi connectivity index (χ0n) is 13.4. The van der Waals surface area contributed by atoms with E-state index in [4.69, 9.17) is 9.84 Å². The minimum absolute atomic E-state index is 0.000793. The van der Waals surface area contributed by atoms with Crippen molar-refractivity contribution >= 4 is 35.3 Å². The number of carbonyl (C=O) groups excluding carboxylic acids is 2. The molecule has 1 heterocycles. The molecule has 1 aromatic heterocycles. The third kappa shape index (κ3) is 8.15. The number of ether oxygens (including phenoxy) is 1. The third-order valence-corrected chi connectivity index (χ3v) is 3.60. The molecule has 0 aliphatic rings. The Labute approximate surface area is 139 Å². The second-order valence-corrected chi connectivity index (χ2v) is 6.92. The molecule has 126 valence electrons. The van der Waals surface area contributed by atoms with E-state index in [1.165, 1.54) is 11.3 Å². The number of rotatable bonds is 7. The van der Waals surface area contributed by atoms with E-state index >= 15 is 0 Å². The van der Waals surface area contributed by atoms with Crippen molar-refractivity contribution in [3.8, 4) is 0 Å². The molecule has 1 amide bonds. The molecular weight excluding hydrogens is 318 g/mol. The molecule has 0 aliphatic carbocycles. The minimum Gasteiger partial charge on any atom is -0.481 e. The molecule has 0 atom stereocenters. The molecule has 1 aromatic rings. The van der Waals surface area contributed by atoms with E-state index in [1.807, 2.05) is 0 Å². The first-order valence-electron chi connectivity index (χ1n) is 7.15. The molecule has 0 fully saturated rings. The predicted molar refractivity (Wildman–Crippen MR) is 88.8 cm³/mol. The Morgan fingerprint density at radius 3 is 2.57 bits per heavy atom. The molecule has 0 aliphatic heterocycles. The van der Waals surface area contributed by atoms with Crippen LogP contribution in [0.2, 0.25) is 0 Å². The van der Waals surface area contributed by atoms with Crippen molar-refractivity contribution in [1.29, 1.82) is 0 Å². The summed E-state index contributed by atoms with van der Waals surface area (Å²) in [6.07, 6.45) is 2.89. The summed E-state index contributed by atoms with van der Waals surface area (Å²) >= 11 is 1.29. The molecule has 0 spiro atoms. The molecule has 0 saturated heterocycles. The van der Waals surface area contributed by atoms with E-state index in [-0.39, 0.29) is 18.6 Å². The van der Waals surface area contributed by atoms with Gasteiger partial charge in [-0.1, -0.05) is 6.08 Å². The molecule has 2 N–H and O–H groups in total. The van der Waals surface area contributed by atoms with Crippen molar-refractivity contribution in [2.75, 3.05) is 6.54 Å². The van der Waals surface area contributed by atoms with Crippen LogP contribution in [-0.2, 0) is 9.53 Å². The van der Waals surface area contributed by atoms with Crippen LogP contribution in [0.15, 0.2) is 18.2 Å². The lowest BCUT2D eigenvalue weighted by molar-refractivity contribution is -0.136. The molecule has 6 nitrogen and oxygen atoms in total. The lowest BCUT2D eigenvalue weighted by Gasteiger charge is -2.19. The van der Waals surface area contributed by atoms with Gasteiger partial charge in [0.25, 0.3) is 0 Å². The summed E-state index contributed by atoms with van der Waals surface area (Å²) in [5.74, 6) is -1.16. The van der Waals surface area contributed by atoms with Gasteiger partial charge in [-0.05, 0) is 39.0 Å². The van der Waals surface area contributed by atoms with Crippen molar-refractivity contribution in [3.05, 3.63) is 28.0 Å². The topological polar surface area (TPSA) is 92.7 Å². The largest absolute Gasteiger partial charge is 0.481 e. The quantitative estimate of drug-likeness (QED) is 0.743. The zero-order chi connectivity index (χ0) is 17.5. The number of thiophene rings is 1.